The summed E-state index contributed by atoms with van der Waals surface area (Å²) in [4.78, 5) is 24.7. The highest BCUT2D eigenvalue weighted by Crippen LogP contribution is 2.36. The van der Waals surface area contributed by atoms with E-state index >= 15 is 0 Å². The van der Waals surface area contributed by atoms with Crippen molar-refractivity contribution in [3.05, 3.63) is 64.4 Å². The van der Waals surface area contributed by atoms with Crippen molar-refractivity contribution in [2.75, 3.05) is 13.7 Å². The predicted octanol–water partition coefficient (Wildman–Crippen LogP) is 2.51. The van der Waals surface area contributed by atoms with Gasteiger partial charge in [0, 0.05) is 5.56 Å². The molecule has 150 valence electrons. The van der Waals surface area contributed by atoms with Gasteiger partial charge in [-0.1, -0.05) is 23.4 Å². The van der Waals surface area contributed by atoms with Crippen LogP contribution in [0.25, 0.3) is 5.69 Å². The van der Waals surface area contributed by atoms with Gasteiger partial charge in [0.1, 0.15) is 0 Å². The first-order valence-corrected chi connectivity index (χ1v) is 9.41. The van der Waals surface area contributed by atoms with E-state index in [2.05, 4.69) is 37.1 Å². The van der Waals surface area contributed by atoms with Crippen molar-refractivity contribution >= 4 is 27.7 Å². The SMILES string of the molecule is CCOc1c(Br)cc(C(=O)NNC(=O)c2cn(-c3ccccc3)nn2)cc1OC. The highest BCUT2D eigenvalue weighted by molar-refractivity contribution is 9.10. The Labute approximate surface area is 175 Å². The molecule has 3 rings (SSSR count). The first-order valence-electron chi connectivity index (χ1n) is 8.62. The second-order valence-corrected chi connectivity index (χ2v) is 6.57. The Morgan fingerprint density at radius 3 is 2.55 bits per heavy atom. The van der Waals surface area contributed by atoms with E-state index in [1.807, 2.05) is 37.3 Å². The number of hydrogen-bond acceptors (Lipinski definition) is 6. The molecule has 0 saturated carbocycles. The zero-order valence-corrected chi connectivity index (χ0v) is 17.3. The van der Waals surface area contributed by atoms with Crippen molar-refractivity contribution < 1.29 is 19.1 Å². The fourth-order valence-corrected chi connectivity index (χ4v) is 3.02. The molecule has 2 amide bonds. The number of aromatic nitrogens is 3. The monoisotopic (exact) mass is 459 g/mol. The molecule has 0 unspecified atom stereocenters. The molecule has 1 heterocycles. The minimum atomic E-state index is -0.600. The lowest BCUT2D eigenvalue weighted by atomic mass is 10.2. The third-order valence-electron chi connectivity index (χ3n) is 3.82. The third kappa shape index (κ3) is 4.72. The number of carbonyl (C=O) groups excluding carboxylic acids is 2. The third-order valence-corrected chi connectivity index (χ3v) is 4.41. The van der Waals surface area contributed by atoms with Crippen LogP contribution in [0.5, 0.6) is 11.5 Å². The van der Waals surface area contributed by atoms with Crippen LogP contribution in [0.2, 0.25) is 0 Å². The van der Waals surface area contributed by atoms with Crippen LogP contribution in [0.15, 0.2) is 53.1 Å². The van der Waals surface area contributed by atoms with Gasteiger partial charge in [-0.25, -0.2) is 4.68 Å². The molecule has 0 aliphatic heterocycles. The predicted molar refractivity (Wildman–Crippen MR) is 108 cm³/mol. The molecule has 2 N–H and O–H groups in total. The zero-order valence-electron chi connectivity index (χ0n) is 15.7. The van der Waals surface area contributed by atoms with E-state index in [0.29, 0.717) is 22.6 Å². The molecule has 0 fully saturated rings. The molecule has 0 aliphatic carbocycles. The summed E-state index contributed by atoms with van der Waals surface area (Å²) in [6, 6.07) is 12.3. The summed E-state index contributed by atoms with van der Waals surface area (Å²) in [5.74, 6) is -0.245. The maximum Gasteiger partial charge on any atom is 0.291 e. The molecule has 0 atom stereocenters. The molecular weight excluding hydrogens is 442 g/mol. The van der Waals surface area contributed by atoms with E-state index in [4.69, 9.17) is 9.47 Å². The first-order chi connectivity index (χ1) is 14.0. The van der Waals surface area contributed by atoms with Gasteiger partial charge in [-0.05, 0) is 47.1 Å². The number of methoxy groups -OCH3 is 1. The first kappa shape index (κ1) is 20.3. The Bertz CT molecular complexity index is 1020. The van der Waals surface area contributed by atoms with Gasteiger partial charge in [0.05, 0.1) is 30.1 Å². The number of rotatable bonds is 6. The van der Waals surface area contributed by atoms with E-state index in [0.717, 1.165) is 5.69 Å². The average Bonchev–Trinajstić information content (AvgIpc) is 3.24. The van der Waals surface area contributed by atoms with Gasteiger partial charge in [0.2, 0.25) is 0 Å². The lowest BCUT2D eigenvalue weighted by Gasteiger charge is -2.13. The van der Waals surface area contributed by atoms with Gasteiger partial charge in [-0.3, -0.25) is 20.4 Å². The number of ether oxygens (including phenoxy) is 2. The second-order valence-electron chi connectivity index (χ2n) is 5.71. The maximum atomic E-state index is 12.4. The molecule has 0 radical (unpaired) electrons. The van der Waals surface area contributed by atoms with Crippen molar-refractivity contribution in [3.63, 3.8) is 0 Å². The maximum absolute atomic E-state index is 12.4. The molecule has 29 heavy (non-hydrogen) atoms. The van der Waals surface area contributed by atoms with Crippen LogP contribution in [-0.4, -0.2) is 40.5 Å². The lowest BCUT2D eigenvalue weighted by Crippen LogP contribution is -2.41. The Morgan fingerprint density at radius 1 is 1.14 bits per heavy atom. The van der Waals surface area contributed by atoms with Crippen molar-refractivity contribution in [1.29, 1.82) is 0 Å². The van der Waals surface area contributed by atoms with E-state index < -0.39 is 11.8 Å². The van der Waals surface area contributed by atoms with Gasteiger partial charge in [0.15, 0.2) is 17.2 Å². The zero-order chi connectivity index (χ0) is 20.8. The standard InChI is InChI=1S/C19H18BrN5O4/c1-3-29-17-14(20)9-12(10-16(17)28-2)18(26)22-23-19(27)15-11-25(24-21-15)13-7-5-4-6-8-13/h4-11H,3H2,1-2H3,(H,22,26)(H,23,27). The number of nitrogens with one attached hydrogen (secondary N) is 2. The largest absolute Gasteiger partial charge is 0.493 e. The average molecular weight is 460 g/mol. The summed E-state index contributed by atoms with van der Waals surface area (Å²) in [6.07, 6.45) is 1.47. The number of nitrogens with zero attached hydrogens (tertiary/aromatic N) is 3. The van der Waals surface area contributed by atoms with Gasteiger partial charge in [0.25, 0.3) is 11.8 Å². The van der Waals surface area contributed by atoms with Crippen LogP contribution in [0.4, 0.5) is 0 Å². The lowest BCUT2D eigenvalue weighted by molar-refractivity contribution is 0.0843. The van der Waals surface area contributed by atoms with Crippen molar-refractivity contribution in [1.82, 2.24) is 25.8 Å². The number of amides is 2. The van der Waals surface area contributed by atoms with Crippen LogP contribution in [0.1, 0.15) is 27.8 Å². The summed E-state index contributed by atoms with van der Waals surface area (Å²) in [6.45, 7) is 2.29. The summed E-state index contributed by atoms with van der Waals surface area (Å²) in [5.41, 5.74) is 5.74. The highest BCUT2D eigenvalue weighted by atomic mass is 79.9. The fourth-order valence-electron chi connectivity index (χ4n) is 2.46. The number of benzene rings is 2. The van der Waals surface area contributed by atoms with Gasteiger partial charge < -0.3 is 9.47 Å². The normalized spacial score (nSPS) is 10.3. The van der Waals surface area contributed by atoms with Gasteiger partial charge in [-0.15, -0.1) is 5.10 Å². The highest BCUT2D eigenvalue weighted by Gasteiger charge is 2.17. The van der Waals surface area contributed by atoms with Crippen LogP contribution in [0, 0.1) is 0 Å². The van der Waals surface area contributed by atoms with E-state index in [-0.39, 0.29) is 11.3 Å². The van der Waals surface area contributed by atoms with E-state index in [1.165, 1.54) is 24.1 Å². The topological polar surface area (TPSA) is 107 Å². The number of para-hydroxylation sites is 1. The van der Waals surface area contributed by atoms with Crippen molar-refractivity contribution in [2.24, 2.45) is 0 Å². The van der Waals surface area contributed by atoms with Crippen molar-refractivity contribution in [3.8, 4) is 17.2 Å². The quantitative estimate of drug-likeness (QED) is 0.548. The molecule has 10 heteroatoms. The van der Waals surface area contributed by atoms with Gasteiger partial charge in [-0.2, -0.15) is 0 Å². The van der Waals surface area contributed by atoms with Crippen LogP contribution < -0.4 is 20.3 Å². The molecule has 1 aromatic heterocycles. The van der Waals surface area contributed by atoms with Crippen molar-refractivity contribution in [2.45, 2.75) is 6.92 Å². The smallest absolute Gasteiger partial charge is 0.291 e. The van der Waals surface area contributed by atoms with Crippen LogP contribution >= 0.6 is 15.9 Å². The summed E-state index contributed by atoms with van der Waals surface area (Å²) < 4.78 is 12.8. The Balaban J connectivity index is 1.67. The van der Waals surface area contributed by atoms with E-state index in [9.17, 15) is 9.59 Å². The molecule has 2 aromatic carbocycles. The van der Waals surface area contributed by atoms with Crippen LogP contribution in [-0.2, 0) is 0 Å². The number of hydrogen-bond donors (Lipinski definition) is 2. The second kappa shape index (κ2) is 9.20. The van der Waals surface area contributed by atoms with Gasteiger partial charge >= 0.3 is 0 Å². The van der Waals surface area contributed by atoms with Crippen LogP contribution in [0.3, 0.4) is 0 Å². The number of hydrazine groups is 1. The molecule has 0 saturated heterocycles. The molecule has 9 nitrogen and oxygen atoms in total. The molecule has 0 aliphatic rings. The number of carbonyl (C=O) groups is 2. The molecular formula is C19H18BrN5O4. The minimum Gasteiger partial charge on any atom is -0.493 e. The summed E-state index contributed by atoms with van der Waals surface area (Å²) in [5, 5.41) is 7.73. The number of halogens is 1. The molecule has 0 bridgehead atoms. The molecule has 3 aromatic rings. The Morgan fingerprint density at radius 2 is 1.86 bits per heavy atom. The molecule has 0 spiro atoms. The summed E-state index contributed by atoms with van der Waals surface area (Å²) in [7, 11) is 1.48. The Kier molecular flexibility index (Phi) is 6.45. The summed E-state index contributed by atoms with van der Waals surface area (Å²) >= 11 is 3.36. The Hall–Kier alpha value is -3.40. The minimum absolute atomic E-state index is 0.0552. The van der Waals surface area contributed by atoms with E-state index in [1.54, 1.807) is 6.07 Å². The fraction of sp³-hybridized carbons (Fsp3) is 0.158.